The zero-order valence-corrected chi connectivity index (χ0v) is 11.1. The van der Waals surface area contributed by atoms with Crippen molar-refractivity contribution in [2.75, 3.05) is 13.1 Å². The summed E-state index contributed by atoms with van der Waals surface area (Å²) < 4.78 is 0. The first kappa shape index (κ1) is 12.9. The molecule has 0 radical (unpaired) electrons. The van der Waals surface area contributed by atoms with E-state index in [1.165, 1.54) is 32.1 Å². The van der Waals surface area contributed by atoms with E-state index in [2.05, 4.69) is 18.7 Å². The lowest BCUT2D eigenvalue weighted by Gasteiger charge is -2.35. The van der Waals surface area contributed by atoms with Crippen molar-refractivity contribution in [3.63, 3.8) is 0 Å². The monoisotopic (exact) mass is 239 g/mol. The molecule has 4 atom stereocenters. The van der Waals surface area contributed by atoms with Gasteiger partial charge in [-0.1, -0.05) is 33.1 Å². The lowest BCUT2D eigenvalue weighted by Crippen LogP contribution is -2.37. The van der Waals surface area contributed by atoms with E-state index in [0.29, 0.717) is 12.0 Å². The third-order valence-electron chi connectivity index (χ3n) is 4.81. The highest BCUT2D eigenvalue weighted by atomic mass is 16.4. The second-order valence-electron chi connectivity index (χ2n) is 5.97. The van der Waals surface area contributed by atoms with Gasteiger partial charge in [0, 0.05) is 19.1 Å². The van der Waals surface area contributed by atoms with Crippen LogP contribution in [-0.4, -0.2) is 35.1 Å². The summed E-state index contributed by atoms with van der Waals surface area (Å²) in [7, 11) is 0. The minimum Gasteiger partial charge on any atom is -0.481 e. The van der Waals surface area contributed by atoms with Crippen LogP contribution in [0.1, 0.15) is 46.0 Å². The van der Waals surface area contributed by atoms with Gasteiger partial charge in [0.15, 0.2) is 0 Å². The Morgan fingerprint density at radius 3 is 2.71 bits per heavy atom. The number of hydrogen-bond acceptors (Lipinski definition) is 2. The van der Waals surface area contributed by atoms with E-state index in [1.54, 1.807) is 0 Å². The minimum atomic E-state index is -0.608. The van der Waals surface area contributed by atoms with Gasteiger partial charge in [0.2, 0.25) is 0 Å². The molecule has 0 aromatic heterocycles. The predicted molar refractivity (Wildman–Crippen MR) is 67.9 cm³/mol. The Labute approximate surface area is 104 Å². The molecule has 1 saturated heterocycles. The van der Waals surface area contributed by atoms with Crippen molar-refractivity contribution < 1.29 is 9.90 Å². The zero-order chi connectivity index (χ0) is 12.4. The number of nitrogens with zero attached hydrogens (tertiary/aromatic N) is 1. The van der Waals surface area contributed by atoms with Crippen LogP contribution in [0.3, 0.4) is 0 Å². The molecule has 0 bridgehead atoms. The molecule has 17 heavy (non-hydrogen) atoms. The summed E-state index contributed by atoms with van der Waals surface area (Å²) in [6.45, 7) is 6.12. The second kappa shape index (κ2) is 5.38. The zero-order valence-electron chi connectivity index (χ0n) is 11.1. The highest BCUT2D eigenvalue weighted by Crippen LogP contribution is 2.34. The molecular weight excluding hydrogens is 214 g/mol. The molecule has 1 N–H and O–H groups in total. The fourth-order valence-corrected chi connectivity index (χ4v) is 3.59. The van der Waals surface area contributed by atoms with Crippen molar-refractivity contribution in [2.24, 2.45) is 17.8 Å². The van der Waals surface area contributed by atoms with Gasteiger partial charge in [-0.3, -0.25) is 9.69 Å². The number of likely N-dealkylation sites (tertiary alicyclic amines) is 1. The molecule has 0 spiro atoms. The van der Waals surface area contributed by atoms with Crippen LogP contribution in [0, 0.1) is 17.8 Å². The summed E-state index contributed by atoms with van der Waals surface area (Å²) in [5, 5.41) is 9.17. The van der Waals surface area contributed by atoms with Crippen molar-refractivity contribution in [3.05, 3.63) is 0 Å². The molecule has 0 aromatic rings. The van der Waals surface area contributed by atoms with Gasteiger partial charge in [-0.05, 0) is 24.7 Å². The third-order valence-corrected chi connectivity index (χ3v) is 4.81. The number of carboxylic acid groups (broad SMARTS) is 1. The standard InChI is InChI=1S/C14H25NO2/c1-3-11-5-4-6-12(7-11)15-8-10(2)13(9-15)14(16)17/h10-13H,3-9H2,1-2H3,(H,16,17)/t10-,11?,12?,13-/m1/s1. The molecular formula is C14H25NO2. The van der Waals surface area contributed by atoms with E-state index in [-0.39, 0.29) is 5.92 Å². The van der Waals surface area contributed by atoms with Gasteiger partial charge < -0.3 is 5.11 Å². The molecule has 3 heteroatoms. The minimum absolute atomic E-state index is 0.142. The van der Waals surface area contributed by atoms with Gasteiger partial charge in [-0.25, -0.2) is 0 Å². The van der Waals surface area contributed by atoms with E-state index < -0.39 is 5.97 Å². The molecule has 3 nitrogen and oxygen atoms in total. The number of hydrogen-bond donors (Lipinski definition) is 1. The predicted octanol–water partition coefficient (Wildman–Crippen LogP) is 2.61. The molecule has 0 aromatic carbocycles. The average Bonchev–Trinajstić information content (AvgIpc) is 2.71. The largest absolute Gasteiger partial charge is 0.481 e. The van der Waals surface area contributed by atoms with Crippen molar-refractivity contribution in [1.29, 1.82) is 0 Å². The fourth-order valence-electron chi connectivity index (χ4n) is 3.59. The van der Waals surface area contributed by atoms with Crippen molar-refractivity contribution >= 4 is 5.97 Å². The van der Waals surface area contributed by atoms with Crippen molar-refractivity contribution in [1.82, 2.24) is 4.90 Å². The maximum absolute atomic E-state index is 11.1. The molecule has 1 saturated carbocycles. The SMILES string of the molecule is CCC1CCCC(N2C[C@@H](C)[C@H](C(=O)O)C2)C1. The van der Waals surface area contributed by atoms with Gasteiger partial charge in [0.25, 0.3) is 0 Å². The summed E-state index contributed by atoms with van der Waals surface area (Å²) >= 11 is 0. The maximum atomic E-state index is 11.1. The maximum Gasteiger partial charge on any atom is 0.308 e. The lowest BCUT2D eigenvalue weighted by atomic mass is 9.83. The topological polar surface area (TPSA) is 40.5 Å². The Kier molecular flexibility index (Phi) is 4.08. The van der Waals surface area contributed by atoms with Crippen LogP contribution >= 0.6 is 0 Å². The molecule has 2 aliphatic rings. The van der Waals surface area contributed by atoms with Crippen LogP contribution in [0.4, 0.5) is 0 Å². The van der Waals surface area contributed by atoms with Gasteiger partial charge in [0.05, 0.1) is 5.92 Å². The van der Waals surface area contributed by atoms with Crippen LogP contribution in [-0.2, 0) is 4.79 Å². The Bertz CT molecular complexity index is 279. The summed E-state index contributed by atoms with van der Waals surface area (Å²) in [5.74, 6) is 0.433. The van der Waals surface area contributed by atoms with Gasteiger partial charge >= 0.3 is 5.97 Å². The Hall–Kier alpha value is -0.570. The Morgan fingerprint density at radius 2 is 2.12 bits per heavy atom. The van der Waals surface area contributed by atoms with Gasteiger partial charge in [-0.2, -0.15) is 0 Å². The van der Waals surface area contributed by atoms with E-state index in [0.717, 1.165) is 19.0 Å². The first-order valence-corrected chi connectivity index (χ1v) is 7.08. The van der Waals surface area contributed by atoms with E-state index in [1.807, 2.05) is 0 Å². The van der Waals surface area contributed by atoms with Crippen LogP contribution in [0.15, 0.2) is 0 Å². The fraction of sp³-hybridized carbons (Fsp3) is 0.929. The van der Waals surface area contributed by atoms with Crippen LogP contribution < -0.4 is 0 Å². The van der Waals surface area contributed by atoms with E-state index >= 15 is 0 Å². The first-order valence-electron chi connectivity index (χ1n) is 7.08. The second-order valence-corrected chi connectivity index (χ2v) is 5.97. The molecule has 0 amide bonds. The smallest absolute Gasteiger partial charge is 0.308 e. The summed E-state index contributed by atoms with van der Waals surface area (Å²) in [5.41, 5.74) is 0. The molecule has 1 aliphatic carbocycles. The van der Waals surface area contributed by atoms with E-state index in [4.69, 9.17) is 0 Å². The third kappa shape index (κ3) is 2.82. The lowest BCUT2D eigenvalue weighted by molar-refractivity contribution is -0.142. The number of rotatable bonds is 3. The molecule has 2 fully saturated rings. The van der Waals surface area contributed by atoms with E-state index in [9.17, 15) is 9.90 Å². The highest BCUT2D eigenvalue weighted by Gasteiger charge is 2.38. The summed E-state index contributed by atoms with van der Waals surface area (Å²) in [6, 6.07) is 0.653. The summed E-state index contributed by atoms with van der Waals surface area (Å²) in [4.78, 5) is 13.6. The van der Waals surface area contributed by atoms with Gasteiger partial charge in [0.1, 0.15) is 0 Å². The van der Waals surface area contributed by atoms with Crippen LogP contribution in [0.25, 0.3) is 0 Å². The molecule has 2 unspecified atom stereocenters. The summed E-state index contributed by atoms with van der Waals surface area (Å²) in [6.07, 6.45) is 6.54. The Morgan fingerprint density at radius 1 is 1.35 bits per heavy atom. The number of aliphatic carboxylic acids is 1. The van der Waals surface area contributed by atoms with Crippen molar-refractivity contribution in [2.45, 2.75) is 52.0 Å². The van der Waals surface area contributed by atoms with Crippen molar-refractivity contribution in [3.8, 4) is 0 Å². The molecule has 1 aliphatic heterocycles. The molecule has 1 heterocycles. The Balaban J connectivity index is 1.93. The van der Waals surface area contributed by atoms with Gasteiger partial charge in [-0.15, -0.1) is 0 Å². The molecule has 2 rings (SSSR count). The van der Waals surface area contributed by atoms with Crippen LogP contribution in [0.5, 0.6) is 0 Å². The number of carbonyl (C=O) groups is 1. The first-order chi connectivity index (χ1) is 8.11. The quantitative estimate of drug-likeness (QED) is 0.823. The normalized spacial score (nSPS) is 39.4. The average molecular weight is 239 g/mol. The molecule has 98 valence electrons. The highest BCUT2D eigenvalue weighted by molar-refractivity contribution is 5.71. The number of carboxylic acids is 1. The van der Waals surface area contributed by atoms with Crippen LogP contribution in [0.2, 0.25) is 0 Å².